The van der Waals surface area contributed by atoms with Crippen LogP contribution in [0.15, 0.2) is 167 Å². The van der Waals surface area contributed by atoms with Crippen LogP contribution < -0.4 is 20.1 Å². The topological polar surface area (TPSA) is 109 Å². The molecule has 4 N–H and O–H groups in total. The number of pyridine rings is 2. The second-order valence-electron chi connectivity index (χ2n) is 17.7. The summed E-state index contributed by atoms with van der Waals surface area (Å²) in [6, 6.07) is 49.0. The molecule has 0 amide bonds. The van der Waals surface area contributed by atoms with E-state index < -0.39 is 11.2 Å². The number of benzene rings is 6. The van der Waals surface area contributed by atoms with Crippen LogP contribution in [0.1, 0.15) is 70.9 Å². The molecule has 6 aromatic carbocycles. The Balaban J connectivity index is 0.000000206. The third-order valence-electron chi connectivity index (χ3n) is 13.0. The Morgan fingerprint density at radius 1 is 0.514 bits per heavy atom. The third kappa shape index (κ3) is 13.0. The van der Waals surface area contributed by atoms with Gasteiger partial charge in [0.15, 0.2) is 0 Å². The fraction of sp³-hybridized carbons (Fsp3) is 0.276. The van der Waals surface area contributed by atoms with Crippen molar-refractivity contribution in [3.8, 4) is 11.8 Å². The van der Waals surface area contributed by atoms with Gasteiger partial charge in [-0.1, -0.05) is 117 Å². The number of methoxy groups -OCH3 is 2. The van der Waals surface area contributed by atoms with Crippen molar-refractivity contribution in [2.75, 3.05) is 41.4 Å². The number of hydrogen-bond acceptors (Lipinski definition) is 8. The van der Waals surface area contributed by atoms with Crippen LogP contribution in [-0.4, -0.2) is 72.8 Å². The number of rotatable bonds is 20. The van der Waals surface area contributed by atoms with E-state index in [9.17, 15) is 19.0 Å². The number of nitrogens with zero attached hydrogens (tertiary/aromatic N) is 2. The number of ether oxygens (including phenoxy) is 2. The first-order valence-corrected chi connectivity index (χ1v) is 25.1. The zero-order valence-corrected chi connectivity index (χ0v) is 43.1. The van der Waals surface area contributed by atoms with Crippen molar-refractivity contribution in [2.45, 2.75) is 61.6 Å². The zero-order chi connectivity index (χ0) is 49.7. The van der Waals surface area contributed by atoms with Crippen molar-refractivity contribution in [1.29, 1.82) is 0 Å². The number of aromatic nitrogens is 2. The largest absolute Gasteiger partial charge is 0.481 e. The Bertz CT molecular complexity index is 2730. The van der Waals surface area contributed by atoms with Gasteiger partial charge < -0.3 is 30.3 Å². The van der Waals surface area contributed by atoms with Gasteiger partial charge in [-0.2, -0.15) is 0 Å². The van der Waals surface area contributed by atoms with E-state index in [0.717, 1.165) is 64.1 Å². The summed E-state index contributed by atoms with van der Waals surface area (Å²) in [4.78, 5) is 9.58. The number of hydrogen-bond donors (Lipinski definition) is 4. The van der Waals surface area contributed by atoms with Crippen LogP contribution >= 0.6 is 31.9 Å². The Morgan fingerprint density at radius 2 is 0.886 bits per heavy atom. The molecule has 0 aliphatic carbocycles. The number of aryl methyl sites for hydroxylation is 2. The molecule has 0 aliphatic heterocycles. The molecule has 8 aromatic rings. The molecule has 4 unspecified atom stereocenters. The average Bonchev–Trinajstić information content (AvgIpc) is 3.37. The standard InChI is InChI=1S/2C29H30BrFN2O2/c2*1-32-17-16-29(34,15-14-20-8-11-24(31)12-9-20)27(21-6-4-3-5-7-21)25-19-22-18-23(30)10-13-26(22)33-28(25)35-2/h2*3-13,18-19,27,32,34H,14-17H2,1-2H3. The molecule has 0 spiro atoms. The number of nitrogens with one attached hydrogen (secondary N) is 2. The third-order valence-corrected chi connectivity index (χ3v) is 14.0. The summed E-state index contributed by atoms with van der Waals surface area (Å²) in [7, 11) is 6.99. The molecule has 364 valence electrons. The summed E-state index contributed by atoms with van der Waals surface area (Å²) in [5, 5.41) is 33.0. The van der Waals surface area contributed by atoms with E-state index >= 15 is 0 Å². The quantitative estimate of drug-likeness (QED) is 0.0598. The molecule has 2 aromatic heterocycles. The van der Waals surface area contributed by atoms with E-state index in [2.05, 4.69) is 54.6 Å². The number of aliphatic hydroxyl groups is 2. The van der Waals surface area contributed by atoms with Crippen LogP contribution in [0, 0.1) is 11.6 Å². The minimum absolute atomic E-state index is 0.264. The van der Waals surface area contributed by atoms with Crippen molar-refractivity contribution in [1.82, 2.24) is 20.6 Å². The zero-order valence-electron chi connectivity index (χ0n) is 39.9. The van der Waals surface area contributed by atoms with Gasteiger partial charge in [-0.25, -0.2) is 18.7 Å². The lowest BCUT2D eigenvalue weighted by Gasteiger charge is -2.38. The maximum atomic E-state index is 13.5. The maximum Gasteiger partial charge on any atom is 0.217 e. The molecule has 0 radical (unpaired) electrons. The minimum atomic E-state index is -1.12. The predicted molar refractivity (Wildman–Crippen MR) is 285 cm³/mol. The van der Waals surface area contributed by atoms with Crippen LogP contribution in [0.2, 0.25) is 0 Å². The van der Waals surface area contributed by atoms with E-state index in [4.69, 9.17) is 19.4 Å². The van der Waals surface area contributed by atoms with Gasteiger partial charge in [0.2, 0.25) is 11.8 Å². The Morgan fingerprint density at radius 3 is 1.23 bits per heavy atom. The summed E-state index contributed by atoms with van der Waals surface area (Å²) in [5.41, 5.74) is 5.02. The Labute approximate surface area is 426 Å². The Hall–Kier alpha value is -5.60. The van der Waals surface area contributed by atoms with E-state index in [0.29, 0.717) is 63.4 Å². The molecule has 4 atom stereocenters. The molecule has 70 heavy (non-hydrogen) atoms. The van der Waals surface area contributed by atoms with Gasteiger partial charge >= 0.3 is 0 Å². The number of halogens is 4. The van der Waals surface area contributed by atoms with Crippen LogP contribution in [0.5, 0.6) is 11.8 Å². The minimum Gasteiger partial charge on any atom is -0.481 e. The molecule has 2 heterocycles. The molecular weight excluding hydrogens is 1010 g/mol. The highest BCUT2D eigenvalue weighted by molar-refractivity contribution is 9.10. The smallest absolute Gasteiger partial charge is 0.217 e. The van der Waals surface area contributed by atoms with Gasteiger partial charge in [0.05, 0.1) is 36.5 Å². The van der Waals surface area contributed by atoms with E-state index in [-0.39, 0.29) is 23.5 Å². The van der Waals surface area contributed by atoms with Crippen LogP contribution in [0.3, 0.4) is 0 Å². The van der Waals surface area contributed by atoms with Crippen LogP contribution in [-0.2, 0) is 12.8 Å². The lowest BCUT2D eigenvalue weighted by atomic mass is 9.72. The average molecular weight is 1070 g/mol. The van der Waals surface area contributed by atoms with Crippen molar-refractivity contribution >= 4 is 53.7 Å². The molecule has 0 bridgehead atoms. The van der Waals surface area contributed by atoms with Gasteiger partial charge in [0, 0.05) is 42.7 Å². The van der Waals surface area contributed by atoms with Crippen LogP contribution in [0.25, 0.3) is 21.8 Å². The van der Waals surface area contributed by atoms with Crippen molar-refractivity contribution in [2.24, 2.45) is 0 Å². The molecule has 12 heteroatoms. The molecule has 0 saturated carbocycles. The fourth-order valence-corrected chi connectivity index (χ4v) is 10.2. The second kappa shape index (κ2) is 24.5. The summed E-state index contributed by atoms with van der Waals surface area (Å²) < 4.78 is 40.4. The van der Waals surface area contributed by atoms with Gasteiger partial charge in [0.1, 0.15) is 11.6 Å². The van der Waals surface area contributed by atoms with Crippen LogP contribution in [0.4, 0.5) is 8.78 Å². The molecular formula is C58H60Br2F2N4O4. The van der Waals surface area contributed by atoms with Gasteiger partial charge in [-0.15, -0.1) is 0 Å². The number of fused-ring (bicyclic) bond motifs is 2. The Kier molecular flexibility index (Phi) is 18.3. The lowest BCUT2D eigenvalue weighted by Crippen LogP contribution is -2.40. The fourth-order valence-electron chi connectivity index (χ4n) is 9.42. The summed E-state index contributed by atoms with van der Waals surface area (Å²) >= 11 is 7.12. The van der Waals surface area contributed by atoms with Crippen molar-refractivity contribution in [3.05, 3.63) is 212 Å². The summed E-state index contributed by atoms with van der Waals surface area (Å²) in [6.07, 6.45) is 3.23. The molecule has 0 saturated heterocycles. The SMILES string of the molecule is CNCCC(O)(CCc1ccc(F)cc1)C(c1ccccc1)c1cc2cc(Br)ccc2nc1OC.CNCCC(O)(CCc1ccc(F)cc1)C(c1ccccc1)c1cc2cc(Br)ccc2nc1OC. The van der Waals surface area contributed by atoms with Crippen molar-refractivity contribution < 1.29 is 28.5 Å². The molecule has 8 rings (SSSR count). The molecule has 8 nitrogen and oxygen atoms in total. The normalized spacial score (nSPS) is 14.0. The maximum absolute atomic E-state index is 13.5. The van der Waals surface area contributed by atoms with Gasteiger partial charge in [0.25, 0.3) is 0 Å². The molecule has 0 aliphatic rings. The second-order valence-corrected chi connectivity index (χ2v) is 19.5. The lowest BCUT2D eigenvalue weighted by molar-refractivity contribution is 0.00654. The monoisotopic (exact) mass is 1070 g/mol. The highest BCUT2D eigenvalue weighted by atomic mass is 79.9. The van der Waals surface area contributed by atoms with E-state index in [1.165, 1.54) is 24.3 Å². The molecule has 0 fully saturated rings. The summed E-state index contributed by atoms with van der Waals surface area (Å²) in [5.74, 6) is -0.303. The highest BCUT2D eigenvalue weighted by Gasteiger charge is 2.42. The van der Waals surface area contributed by atoms with E-state index in [1.54, 1.807) is 38.5 Å². The van der Waals surface area contributed by atoms with E-state index in [1.807, 2.05) is 111 Å². The first-order chi connectivity index (χ1) is 33.9. The first kappa shape index (κ1) is 52.2. The van der Waals surface area contributed by atoms with Gasteiger partial charge in [-0.05, 0) is 161 Å². The van der Waals surface area contributed by atoms with Crippen molar-refractivity contribution in [3.63, 3.8) is 0 Å². The van der Waals surface area contributed by atoms with Gasteiger partial charge in [-0.3, -0.25) is 0 Å². The summed E-state index contributed by atoms with van der Waals surface area (Å²) in [6.45, 7) is 1.27. The predicted octanol–water partition coefficient (Wildman–Crippen LogP) is 12.5. The highest BCUT2D eigenvalue weighted by Crippen LogP contribution is 2.46. The first-order valence-electron chi connectivity index (χ1n) is 23.5.